The maximum atomic E-state index is 12.5. The van der Waals surface area contributed by atoms with E-state index in [1.54, 1.807) is 7.11 Å². The van der Waals surface area contributed by atoms with E-state index in [4.69, 9.17) is 9.47 Å². The van der Waals surface area contributed by atoms with E-state index >= 15 is 0 Å². The molecule has 1 aliphatic rings. The Labute approximate surface area is 137 Å². The summed E-state index contributed by atoms with van der Waals surface area (Å²) in [5, 5.41) is 6.25. The van der Waals surface area contributed by atoms with Crippen LogP contribution < -0.4 is 14.8 Å². The van der Waals surface area contributed by atoms with E-state index in [0.29, 0.717) is 23.6 Å². The van der Waals surface area contributed by atoms with Gasteiger partial charge in [0, 0.05) is 18.7 Å². The zero-order valence-corrected chi connectivity index (χ0v) is 13.0. The molecule has 0 bridgehead atoms. The third kappa shape index (κ3) is 3.32. The number of hydrogen-bond acceptors (Lipinski definition) is 4. The van der Waals surface area contributed by atoms with Crippen LogP contribution in [0.5, 0.6) is 11.5 Å². The number of halogens is 2. The van der Waals surface area contributed by atoms with Crippen molar-refractivity contribution in [1.29, 1.82) is 0 Å². The van der Waals surface area contributed by atoms with Crippen molar-refractivity contribution in [2.45, 2.75) is 13.0 Å². The lowest BCUT2D eigenvalue weighted by atomic mass is 9.96. The van der Waals surface area contributed by atoms with Gasteiger partial charge in [-0.1, -0.05) is 12.1 Å². The fourth-order valence-corrected chi connectivity index (χ4v) is 2.64. The molecule has 6 nitrogen and oxygen atoms in total. The van der Waals surface area contributed by atoms with E-state index < -0.39 is 12.5 Å². The van der Waals surface area contributed by atoms with Gasteiger partial charge in [0.05, 0.1) is 13.7 Å². The van der Waals surface area contributed by atoms with Crippen LogP contribution in [-0.4, -0.2) is 35.9 Å². The Hall–Kier alpha value is -2.64. The zero-order chi connectivity index (χ0) is 17.1. The quantitative estimate of drug-likeness (QED) is 0.909. The molecule has 1 aromatic carbocycles. The largest absolute Gasteiger partial charge is 0.493 e. The average molecular weight is 337 g/mol. The van der Waals surface area contributed by atoms with Gasteiger partial charge in [0.2, 0.25) is 0 Å². The maximum Gasteiger partial charge on any atom is 0.333 e. The average Bonchev–Trinajstić information content (AvgIpc) is 3.09. The number of carbonyl (C=O) groups excluding carboxylic acids is 1. The molecule has 0 saturated carbocycles. The van der Waals surface area contributed by atoms with Crippen molar-refractivity contribution in [1.82, 2.24) is 15.1 Å². The third-order valence-corrected chi connectivity index (χ3v) is 3.84. The van der Waals surface area contributed by atoms with Crippen LogP contribution in [0.4, 0.5) is 8.78 Å². The lowest BCUT2D eigenvalue weighted by molar-refractivity contribution is 0.0559. The molecule has 3 rings (SSSR count). The van der Waals surface area contributed by atoms with Gasteiger partial charge >= 0.3 is 6.55 Å². The number of para-hydroxylation sites is 1. The molecule has 0 aliphatic carbocycles. The van der Waals surface area contributed by atoms with Crippen LogP contribution in [0.2, 0.25) is 0 Å². The summed E-state index contributed by atoms with van der Waals surface area (Å²) >= 11 is 0. The number of ether oxygens (including phenoxy) is 2. The molecule has 2 heterocycles. The van der Waals surface area contributed by atoms with E-state index in [0.717, 1.165) is 23.9 Å². The maximum absolute atomic E-state index is 12.5. The second-order valence-electron chi connectivity index (χ2n) is 5.50. The van der Waals surface area contributed by atoms with Gasteiger partial charge in [0.15, 0.2) is 11.5 Å². The van der Waals surface area contributed by atoms with Crippen LogP contribution >= 0.6 is 0 Å². The summed E-state index contributed by atoms with van der Waals surface area (Å²) in [6, 6.07) is 6.94. The number of amides is 1. The molecule has 8 heteroatoms. The highest BCUT2D eigenvalue weighted by Crippen LogP contribution is 2.35. The van der Waals surface area contributed by atoms with Crippen LogP contribution in [0.25, 0.3) is 0 Å². The van der Waals surface area contributed by atoms with Gasteiger partial charge in [0.1, 0.15) is 5.69 Å². The standard InChI is InChI=1S/C16H17F2N3O3/c1-23-13-4-2-3-11-7-10(9-24-14(11)13)8-19-15(22)12-5-6-21(20-12)16(17)18/h2-6,10,16H,7-9H2,1H3,(H,19,22)/t10-/m0/s1. The molecule has 1 aliphatic heterocycles. The van der Waals surface area contributed by atoms with Crippen molar-refractivity contribution in [3.8, 4) is 11.5 Å². The van der Waals surface area contributed by atoms with Crippen molar-refractivity contribution in [3.63, 3.8) is 0 Å². The molecule has 0 radical (unpaired) electrons. The highest BCUT2D eigenvalue weighted by molar-refractivity contribution is 5.92. The number of carbonyl (C=O) groups is 1. The van der Waals surface area contributed by atoms with Crippen molar-refractivity contribution in [2.75, 3.05) is 20.3 Å². The first-order chi connectivity index (χ1) is 11.6. The first-order valence-corrected chi connectivity index (χ1v) is 7.48. The van der Waals surface area contributed by atoms with Gasteiger partial charge in [-0.05, 0) is 24.1 Å². The van der Waals surface area contributed by atoms with Crippen molar-refractivity contribution in [2.24, 2.45) is 5.92 Å². The molecular formula is C16H17F2N3O3. The fourth-order valence-electron chi connectivity index (χ4n) is 2.64. The molecule has 1 amide bonds. The van der Waals surface area contributed by atoms with Crippen LogP contribution in [-0.2, 0) is 6.42 Å². The van der Waals surface area contributed by atoms with Gasteiger partial charge in [0.25, 0.3) is 5.91 Å². The summed E-state index contributed by atoms with van der Waals surface area (Å²) in [5.74, 6) is 1.03. The van der Waals surface area contributed by atoms with Crippen LogP contribution in [0.15, 0.2) is 30.5 Å². The highest BCUT2D eigenvalue weighted by atomic mass is 19.3. The minimum atomic E-state index is -2.76. The van der Waals surface area contributed by atoms with Gasteiger partial charge < -0.3 is 14.8 Å². The number of nitrogens with one attached hydrogen (secondary N) is 1. The summed E-state index contributed by atoms with van der Waals surface area (Å²) in [7, 11) is 1.59. The molecule has 2 aromatic rings. The molecule has 0 spiro atoms. The number of aromatic nitrogens is 2. The highest BCUT2D eigenvalue weighted by Gasteiger charge is 2.23. The smallest absolute Gasteiger partial charge is 0.333 e. The zero-order valence-electron chi connectivity index (χ0n) is 13.0. The SMILES string of the molecule is COc1cccc2c1OC[C@H](CNC(=O)c1ccn(C(F)F)n1)C2. The van der Waals surface area contributed by atoms with E-state index in [1.165, 1.54) is 6.07 Å². The molecule has 0 saturated heterocycles. The lowest BCUT2D eigenvalue weighted by Crippen LogP contribution is -2.35. The topological polar surface area (TPSA) is 65.4 Å². The number of alkyl halides is 2. The molecule has 0 fully saturated rings. The van der Waals surface area contributed by atoms with E-state index in [2.05, 4.69) is 10.4 Å². The van der Waals surface area contributed by atoms with Gasteiger partial charge in [-0.25, -0.2) is 4.68 Å². The first kappa shape index (κ1) is 16.2. The lowest BCUT2D eigenvalue weighted by Gasteiger charge is -2.26. The summed E-state index contributed by atoms with van der Waals surface area (Å²) < 4.78 is 36.4. The normalized spacial score (nSPS) is 16.4. The Bertz CT molecular complexity index is 733. The summed E-state index contributed by atoms with van der Waals surface area (Å²) in [4.78, 5) is 12.0. The summed E-state index contributed by atoms with van der Waals surface area (Å²) in [6.45, 7) is -1.94. The molecular weight excluding hydrogens is 320 g/mol. The second-order valence-corrected chi connectivity index (χ2v) is 5.50. The molecule has 1 aromatic heterocycles. The summed E-state index contributed by atoms with van der Waals surface area (Å²) in [6.07, 6.45) is 1.81. The predicted octanol–water partition coefficient (Wildman–Crippen LogP) is 2.27. The number of fused-ring (bicyclic) bond motifs is 1. The Balaban J connectivity index is 1.58. The Morgan fingerprint density at radius 3 is 3.04 bits per heavy atom. The van der Waals surface area contributed by atoms with Crippen molar-refractivity contribution >= 4 is 5.91 Å². The monoisotopic (exact) mass is 337 g/mol. The van der Waals surface area contributed by atoms with Crippen LogP contribution in [0.1, 0.15) is 22.6 Å². The van der Waals surface area contributed by atoms with Gasteiger partial charge in [-0.15, -0.1) is 0 Å². The number of rotatable bonds is 5. The van der Waals surface area contributed by atoms with E-state index in [-0.39, 0.29) is 11.6 Å². The molecule has 1 N–H and O–H groups in total. The molecule has 128 valence electrons. The Morgan fingerprint density at radius 1 is 1.50 bits per heavy atom. The van der Waals surface area contributed by atoms with Crippen molar-refractivity contribution < 1.29 is 23.0 Å². The number of methoxy groups -OCH3 is 1. The third-order valence-electron chi connectivity index (χ3n) is 3.84. The molecule has 0 unspecified atom stereocenters. The summed E-state index contributed by atoms with van der Waals surface area (Å²) in [5.41, 5.74) is 0.982. The molecule has 1 atom stereocenters. The minimum absolute atomic E-state index is 0.0332. The predicted molar refractivity (Wildman–Crippen MR) is 81.5 cm³/mol. The molecule has 24 heavy (non-hydrogen) atoms. The number of benzene rings is 1. The Morgan fingerprint density at radius 2 is 2.33 bits per heavy atom. The van der Waals surface area contributed by atoms with E-state index in [1.807, 2.05) is 18.2 Å². The number of nitrogens with zero attached hydrogens (tertiary/aromatic N) is 2. The van der Waals surface area contributed by atoms with Gasteiger partial charge in [-0.3, -0.25) is 4.79 Å². The number of hydrogen-bond donors (Lipinski definition) is 1. The fraction of sp³-hybridized carbons (Fsp3) is 0.375. The Kier molecular flexibility index (Phi) is 4.64. The first-order valence-electron chi connectivity index (χ1n) is 7.48. The second kappa shape index (κ2) is 6.86. The van der Waals surface area contributed by atoms with Crippen LogP contribution in [0, 0.1) is 5.92 Å². The van der Waals surface area contributed by atoms with Gasteiger partial charge in [-0.2, -0.15) is 13.9 Å². The van der Waals surface area contributed by atoms with Crippen LogP contribution in [0.3, 0.4) is 0 Å². The van der Waals surface area contributed by atoms with E-state index in [9.17, 15) is 13.6 Å². The minimum Gasteiger partial charge on any atom is -0.493 e. The van der Waals surface area contributed by atoms with Crippen molar-refractivity contribution in [3.05, 3.63) is 41.7 Å².